The van der Waals surface area contributed by atoms with E-state index in [0.717, 1.165) is 105 Å². The van der Waals surface area contributed by atoms with Gasteiger partial charge in [-0.05, 0) is 58.1 Å². The van der Waals surface area contributed by atoms with Gasteiger partial charge in [-0.15, -0.1) is 0 Å². The summed E-state index contributed by atoms with van der Waals surface area (Å²) in [5.41, 5.74) is 14.8. The van der Waals surface area contributed by atoms with Gasteiger partial charge in [0.15, 0.2) is 5.82 Å². The second kappa shape index (κ2) is 13.1. The first kappa shape index (κ1) is 31.9. The Labute approximate surface area is 323 Å². The smallest absolute Gasteiger partial charge is 0.160 e. The highest BCUT2D eigenvalue weighted by Crippen LogP contribution is 2.45. The molecule has 0 saturated heterocycles. The molecule has 0 radical (unpaired) electrons. The highest BCUT2D eigenvalue weighted by Gasteiger charge is 2.21. The topological polar surface area (TPSA) is 52.1 Å². The summed E-state index contributed by atoms with van der Waals surface area (Å²) in [5, 5.41) is 4.34. The van der Waals surface area contributed by atoms with Gasteiger partial charge >= 0.3 is 0 Å². The molecule has 4 nitrogen and oxygen atoms in total. The second-order valence-corrected chi connectivity index (χ2v) is 14.1. The predicted octanol–water partition coefficient (Wildman–Crippen LogP) is 14.3. The van der Waals surface area contributed by atoms with Crippen LogP contribution in [0.25, 0.3) is 111 Å². The Balaban J connectivity index is 1.06. The zero-order valence-electron chi connectivity index (χ0n) is 30.2. The Hall–Kier alpha value is -7.56. The minimum absolute atomic E-state index is 0.672. The lowest BCUT2D eigenvalue weighted by Crippen LogP contribution is -1.97. The number of benzene rings is 8. The van der Waals surface area contributed by atoms with Crippen LogP contribution in [0.4, 0.5) is 0 Å². The molecule has 0 aliphatic rings. The largest absolute Gasteiger partial charge is 0.456 e. The van der Waals surface area contributed by atoms with E-state index in [2.05, 4.69) is 140 Å². The normalized spacial score (nSPS) is 11.6. The van der Waals surface area contributed by atoms with Crippen molar-refractivity contribution in [1.82, 2.24) is 9.97 Å². The lowest BCUT2D eigenvalue weighted by Gasteiger charge is -2.13. The van der Waals surface area contributed by atoms with Crippen LogP contribution in [0.5, 0.6) is 0 Å². The molecule has 0 aliphatic carbocycles. The van der Waals surface area contributed by atoms with E-state index in [9.17, 15) is 0 Å². The summed E-state index contributed by atoms with van der Waals surface area (Å²) in [6.07, 6.45) is 0. The quantitative estimate of drug-likeness (QED) is 0.172. The zero-order chi connectivity index (χ0) is 37.0. The summed E-state index contributed by atoms with van der Waals surface area (Å²) in [7, 11) is 0. The fraction of sp³-hybridized carbons (Fsp3) is 0. The molecule has 4 heteroatoms. The molecule has 0 unspecified atom stereocenters. The van der Waals surface area contributed by atoms with Gasteiger partial charge in [0, 0.05) is 43.8 Å². The summed E-state index contributed by atoms with van der Waals surface area (Å²) in [6, 6.07) is 67.2. The fourth-order valence-corrected chi connectivity index (χ4v) is 8.13. The molecule has 0 N–H and O–H groups in total. The van der Waals surface area contributed by atoms with Crippen LogP contribution in [0.2, 0.25) is 0 Å². The molecule has 0 aliphatic heterocycles. The number of aromatic nitrogens is 2. The van der Waals surface area contributed by atoms with Crippen LogP contribution in [-0.4, -0.2) is 9.97 Å². The third-order valence-electron chi connectivity index (χ3n) is 10.8. The average molecular weight is 717 g/mol. The van der Waals surface area contributed by atoms with Crippen LogP contribution >= 0.6 is 0 Å². The highest BCUT2D eigenvalue weighted by molar-refractivity contribution is 6.20. The monoisotopic (exact) mass is 716 g/mol. The van der Waals surface area contributed by atoms with Crippen molar-refractivity contribution in [2.45, 2.75) is 0 Å². The molecule has 11 rings (SSSR count). The van der Waals surface area contributed by atoms with Crippen molar-refractivity contribution in [3.05, 3.63) is 194 Å². The third kappa shape index (κ3) is 5.31. The molecule has 11 aromatic rings. The van der Waals surface area contributed by atoms with Gasteiger partial charge in [-0.25, -0.2) is 9.97 Å². The first-order valence-corrected chi connectivity index (χ1v) is 18.8. The molecule has 0 amide bonds. The molecule has 0 saturated carbocycles. The standard InChI is InChI=1S/C52H32N2O2/c1-3-14-33(15-4-1)37-18-7-8-19-39(37)45-32-44(35-16-5-2-6-17-35)53-52(54-45)36-28-26-34(27-29-36)38-30-31-41(51-50(38)43-21-10-12-24-47(43)56-51)40-22-13-25-48-49(40)42-20-9-11-23-46(42)55-48/h1-32H. The SMILES string of the molecule is c1ccc(-c2cc(-c3ccccc3-c3ccccc3)nc(-c3ccc(-c4ccc(-c5cccc6oc7ccccc7c56)c5oc6ccccc6c45)cc3)n2)cc1. The molecule has 262 valence electrons. The van der Waals surface area contributed by atoms with Crippen LogP contribution in [0.15, 0.2) is 203 Å². The van der Waals surface area contributed by atoms with E-state index < -0.39 is 0 Å². The molecule has 56 heavy (non-hydrogen) atoms. The number of fused-ring (bicyclic) bond motifs is 6. The van der Waals surface area contributed by atoms with Crippen molar-refractivity contribution in [1.29, 1.82) is 0 Å². The van der Waals surface area contributed by atoms with Gasteiger partial charge in [0.25, 0.3) is 0 Å². The predicted molar refractivity (Wildman–Crippen MR) is 229 cm³/mol. The van der Waals surface area contributed by atoms with Gasteiger partial charge in [-0.2, -0.15) is 0 Å². The molecule has 3 aromatic heterocycles. The van der Waals surface area contributed by atoms with Crippen molar-refractivity contribution in [3.63, 3.8) is 0 Å². The number of hydrogen-bond acceptors (Lipinski definition) is 4. The van der Waals surface area contributed by atoms with E-state index in [1.54, 1.807) is 0 Å². The van der Waals surface area contributed by atoms with Crippen LogP contribution < -0.4 is 0 Å². The van der Waals surface area contributed by atoms with E-state index in [1.807, 2.05) is 54.6 Å². The van der Waals surface area contributed by atoms with Crippen molar-refractivity contribution in [2.24, 2.45) is 0 Å². The first-order chi connectivity index (χ1) is 27.8. The molecule has 8 aromatic carbocycles. The van der Waals surface area contributed by atoms with E-state index in [1.165, 1.54) is 0 Å². The molecule has 0 fully saturated rings. The van der Waals surface area contributed by atoms with E-state index in [4.69, 9.17) is 18.8 Å². The summed E-state index contributed by atoms with van der Waals surface area (Å²) in [6.45, 7) is 0. The number of rotatable bonds is 6. The maximum Gasteiger partial charge on any atom is 0.160 e. The minimum Gasteiger partial charge on any atom is -0.456 e. The lowest BCUT2D eigenvalue weighted by molar-refractivity contribution is 0.668. The molecule has 3 heterocycles. The number of para-hydroxylation sites is 2. The van der Waals surface area contributed by atoms with Crippen molar-refractivity contribution in [3.8, 4) is 67.3 Å². The lowest BCUT2D eigenvalue weighted by atomic mass is 9.92. The van der Waals surface area contributed by atoms with Crippen molar-refractivity contribution < 1.29 is 8.83 Å². The Kier molecular flexibility index (Phi) is 7.46. The summed E-state index contributed by atoms with van der Waals surface area (Å²) < 4.78 is 13.0. The molecule has 0 bridgehead atoms. The summed E-state index contributed by atoms with van der Waals surface area (Å²) in [4.78, 5) is 10.4. The van der Waals surface area contributed by atoms with E-state index >= 15 is 0 Å². The number of hydrogen-bond donors (Lipinski definition) is 0. The summed E-state index contributed by atoms with van der Waals surface area (Å²) >= 11 is 0. The van der Waals surface area contributed by atoms with E-state index in [0.29, 0.717) is 5.82 Å². The molecule has 0 spiro atoms. The Bertz CT molecular complexity index is 3230. The maximum atomic E-state index is 6.73. The van der Waals surface area contributed by atoms with Crippen molar-refractivity contribution >= 4 is 43.9 Å². The molecular weight excluding hydrogens is 685 g/mol. The zero-order valence-corrected chi connectivity index (χ0v) is 30.2. The van der Waals surface area contributed by atoms with Gasteiger partial charge in [0.1, 0.15) is 22.3 Å². The Morgan fingerprint density at radius 3 is 1.61 bits per heavy atom. The molecular formula is C52H32N2O2. The van der Waals surface area contributed by atoms with Gasteiger partial charge < -0.3 is 8.83 Å². The van der Waals surface area contributed by atoms with Gasteiger partial charge in [0.05, 0.1) is 11.4 Å². The first-order valence-electron chi connectivity index (χ1n) is 18.8. The molecule has 0 atom stereocenters. The van der Waals surface area contributed by atoms with Crippen molar-refractivity contribution in [2.75, 3.05) is 0 Å². The highest BCUT2D eigenvalue weighted by atomic mass is 16.3. The van der Waals surface area contributed by atoms with Crippen LogP contribution in [0.3, 0.4) is 0 Å². The van der Waals surface area contributed by atoms with E-state index in [-0.39, 0.29) is 0 Å². The van der Waals surface area contributed by atoms with Gasteiger partial charge in [-0.3, -0.25) is 0 Å². The minimum atomic E-state index is 0.672. The summed E-state index contributed by atoms with van der Waals surface area (Å²) in [5.74, 6) is 0.672. The third-order valence-corrected chi connectivity index (χ3v) is 10.8. The maximum absolute atomic E-state index is 6.73. The Morgan fingerprint density at radius 1 is 0.304 bits per heavy atom. The number of nitrogens with zero attached hydrogens (tertiary/aromatic N) is 2. The average Bonchev–Trinajstić information content (AvgIpc) is 3.86. The Morgan fingerprint density at radius 2 is 0.839 bits per heavy atom. The van der Waals surface area contributed by atoms with Gasteiger partial charge in [0.2, 0.25) is 0 Å². The van der Waals surface area contributed by atoms with Crippen LogP contribution in [-0.2, 0) is 0 Å². The fourth-order valence-electron chi connectivity index (χ4n) is 8.13. The number of furan rings is 2. The second-order valence-electron chi connectivity index (χ2n) is 14.1. The van der Waals surface area contributed by atoms with Crippen LogP contribution in [0, 0.1) is 0 Å². The van der Waals surface area contributed by atoms with Gasteiger partial charge in [-0.1, -0.05) is 164 Å². The van der Waals surface area contributed by atoms with Crippen LogP contribution in [0.1, 0.15) is 0 Å².